The highest BCUT2D eigenvalue weighted by Gasteiger charge is 2.43. The number of urea groups is 1. The molecular formula is C17H28N4O2. The lowest BCUT2D eigenvalue weighted by atomic mass is 9.85. The van der Waals surface area contributed by atoms with Crippen molar-refractivity contribution >= 4 is 6.03 Å². The Balaban J connectivity index is 1.42. The van der Waals surface area contributed by atoms with Crippen molar-refractivity contribution in [2.75, 3.05) is 6.54 Å². The standard InChI is InChI=1S/C17H28N4O2/c1-17(23,13-9-19-21(2)10-13)11-18-16(22)20-15-8-14(15)12-6-4-3-5-7-12/h9-10,12,14-15,23H,3-8,11H2,1-2H3,(H2,18,20,22). The van der Waals surface area contributed by atoms with Gasteiger partial charge < -0.3 is 15.7 Å². The van der Waals surface area contributed by atoms with E-state index in [1.165, 1.54) is 32.1 Å². The van der Waals surface area contributed by atoms with Crippen LogP contribution in [0.4, 0.5) is 4.79 Å². The molecule has 1 aromatic heterocycles. The smallest absolute Gasteiger partial charge is 0.315 e. The summed E-state index contributed by atoms with van der Waals surface area (Å²) in [6.07, 6.45) is 11.2. The summed E-state index contributed by atoms with van der Waals surface area (Å²) >= 11 is 0. The summed E-state index contributed by atoms with van der Waals surface area (Å²) in [5.74, 6) is 1.47. The topological polar surface area (TPSA) is 79.2 Å². The molecule has 2 amide bonds. The van der Waals surface area contributed by atoms with Crippen LogP contribution in [0.1, 0.15) is 51.0 Å². The maximum absolute atomic E-state index is 12.1. The number of nitrogens with one attached hydrogen (secondary N) is 2. The van der Waals surface area contributed by atoms with Gasteiger partial charge in [0.05, 0.1) is 12.7 Å². The van der Waals surface area contributed by atoms with Gasteiger partial charge in [-0.25, -0.2) is 4.79 Å². The molecule has 1 aromatic rings. The molecule has 2 saturated carbocycles. The largest absolute Gasteiger partial charge is 0.383 e. The van der Waals surface area contributed by atoms with Gasteiger partial charge in [-0.05, 0) is 25.2 Å². The van der Waals surface area contributed by atoms with Gasteiger partial charge in [-0.2, -0.15) is 5.10 Å². The first kappa shape index (κ1) is 16.3. The molecule has 128 valence electrons. The summed E-state index contributed by atoms with van der Waals surface area (Å²) in [5.41, 5.74) is -0.412. The van der Waals surface area contributed by atoms with Crippen molar-refractivity contribution in [1.82, 2.24) is 20.4 Å². The second-order valence-corrected chi connectivity index (χ2v) is 7.41. The van der Waals surface area contributed by atoms with Crippen LogP contribution in [0, 0.1) is 11.8 Å². The quantitative estimate of drug-likeness (QED) is 0.775. The predicted octanol–water partition coefficient (Wildman–Crippen LogP) is 1.90. The summed E-state index contributed by atoms with van der Waals surface area (Å²) < 4.78 is 1.64. The third-order valence-electron chi connectivity index (χ3n) is 5.33. The molecule has 3 atom stereocenters. The number of aryl methyl sites for hydroxylation is 1. The SMILES string of the molecule is Cn1cc(C(C)(O)CNC(=O)NC2CC2C2CCCCC2)cn1. The first-order valence-electron chi connectivity index (χ1n) is 8.71. The van der Waals surface area contributed by atoms with Crippen LogP contribution in [-0.4, -0.2) is 33.5 Å². The fraction of sp³-hybridized carbons (Fsp3) is 0.765. The Labute approximate surface area is 137 Å². The van der Waals surface area contributed by atoms with E-state index in [0.29, 0.717) is 17.5 Å². The molecule has 6 nitrogen and oxygen atoms in total. The van der Waals surface area contributed by atoms with E-state index in [1.54, 1.807) is 31.0 Å². The van der Waals surface area contributed by atoms with Gasteiger partial charge in [-0.15, -0.1) is 0 Å². The molecule has 23 heavy (non-hydrogen) atoms. The number of aliphatic hydroxyl groups is 1. The molecule has 0 saturated heterocycles. The molecule has 1 heterocycles. The van der Waals surface area contributed by atoms with E-state index >= 15 is 0 Å². The fourth-order valence-corrected chi connectivity index (χ4v) is 3.74. The van der Waals surface area contributed by atoms with E-state index in [1.807, 2.05) is 0 Å². The minimum absolute atomic E-state index is 0.172. The van der Waals surface area contributed by atoms with E-state index in [4.69, 9.17) is 0 Å². The maximum Gasteiger partial charge on any atom is 0.315 e. The molecule has 3 N–H and O–H groups in total. The zero-order valence-electron chi connectivity index (χ0n) is 14.1. The second kappa shape index (κ2) is 6.51. The summed E-state index contributed by atoms with van der Waals surface area (Å²) in [7, 11) is 1.80. The van der Waals surface area contributed by atoms with Crippen molar-refractivity contribution < 1.29 is 9.90 Å². The van der Waals surface area contributed by atoms with E-state index in [9.17, 15) is 9.90 Å². The average molecular weight is 320 g/mol. The zero-order valence-corrected chi connectivity index (χ0v) is 14.1. The zero-order chi connectivity index (χ0) is 16.4. The molecule has 2 fully saturated rings. The fourth-order valence-electron chi connectivity index (χ4n) is 3.74. The van der Waals surface area contributed by atoms with Crippen molar-refractivity contribution in [2.45, 2.75) is 57.1 Å². The van der Waals surface area contributed by atoms with E-state index in [-0.39, 0.29) is 12.6 Å². The van der Waals surface area contributed by atoms with Gasteiger partial charge in [0.15, 0.2) is 0 Å². The van der Waals surface area contributed by atoms with Gasteiger partial charge in [-0.3, -0.25) is 4.68 Å². The summed E-state index contributed by atoms with van der Waals surface area (Å²) in [5, 5.41) is 20.4. The lowest BCUT2D eigenvalue weighted by molar-refractivity contribution is 0.0592. The third-order valence-corrected chi connectivity index (χ3v) is 5.33. The van der Waals surface area contributed by atoms with Crippen molar-refractivity contribution in [2.24, 2.45) is 18.9 Å². The van der Waals surface area contributed by atoms with E-state index < -0.39 is 5.60 Å². The number of carbonyl (C=O) groups excluding carboxylic acids is 1. The van der Waals surface area contributed by atoms with E-state index in [0.717, 1.165) is 12.3 Å². The lowest BCUT2D eigenvalue weighted by Gasteiger charge is -2.23. The molecule has 2 aliphatic rings. The highest BCUT2D eigenvalue weighted by atomic mass is 16.3. The molecule has 3 unspecified atom stereocenters. The first-order chi connectivity index (χ1) is 11.0. The molecule has 0 bridgehead atoms. The van der Waals surface area contributed by atoms with Crippen LogP contribution in [0.3, 0.4) is 0 Å². The number of carbonyl (C=O) groups is 1. The number of nitrogens with zero attached hydrogens (tertiary/aromatic N) is 2. The predicted molar refractivity (Wildman–Crippen MR) is 87.8 cm³/mol. The Morgan fingerprint density at radius 2 is 2.17 bits per heavy atom. The Hall–Kier alpha value is -1.56. The van der Waals surface area contributed by atoms with E-state index in [2.05, 4.69) is 15.7 Å². The average Bonchev–Trinajstić information content (AvgIpc) is 3.15. The van der Waals surface area contributed by atoms with Crippen LogP contribution in [-0.2, 0) is 12.6 Å². The van der Waals surface area contributed by atoms with Crippen LogP contribution in [0.5, 0.6) is 0 Å². The van der Waals surface area contributed by atoms with Gasteiger partial charge in [0.2, 0.25) is 0 Å². The number of hydrogen-bond acceptors (Lipinski definition) is 3. The normalized spacial score (nSPS) is 27.3. The molecule has 0 spiro atoms. The van der Waals surface area contributed by atoms with Crippen molar-refractivity contribution in [3.05, 3.63) is 18.0 Å². The van der Waals surface area contributed by atoms with Gasteiger partial charge in [0.25, 0.3) is 0 Å². The first-order valence-corrected chi connectivity index (χ1v) is 8.71. The van der Waals surface area contributed by atoms with Gasteiger partial charge in [-0.1, -0.05) is 32.1 Å². The summed E-state index contributed by atoms with van der Waals surface area (Å²) in [4.78, 5) is 12.1. The Morgan fingerprint density at radius 1 is 1.43 bits per heavy atom. The maximum atomic E-state index is 12.1. The molecule has 2 aliphatic carbocycles. The van der Waals surface area contributed by atoms with Crippen LogP contribution in [0.15, 0.2) is 12.4 Å². The number of amides is 2. The monoisotopic (exact) mass is 320 g/mol. The molecule has 0 aliphatic heterocycles. The minimum Gasteiger partial charge on any atom is -0.383 e. The van der Waals surface area contributed by atoms with Crippen LogP contribution in [0.25, 0.3) is 0 Å². The Kier molecular flexibility index (Phi) is 4.62. The van der Waals surface area contributed by atoms with Crippen LogP contribution < -0.4 is 10.6 Å². The number of hydrogen-bond donors (Lipinski definition) is 3. The summed E-state index contributed by atoms with van der Waals surface area (Å²) in [6.45, 7) is 1.86. The van der Waals surface area contributed by atoms with Gasteiger partial charge in [0.1, 0.15) is 5.60 Å². The van der Waals surface area contributed by atoms with Crippen LogP contribution >= 0.6 is 0 Å². The van der Waals surface area contributed by atoms with Crippen LogP contribution in [0.2, 0.25) is 0 Å². The van der Waals surface area contributed by atoms with Crippen molar-refractivity contribution in [3.8, 4) is 0 Å². The minimum atomic E-state index is -1.11. The molecule has 0 radical (unpaired) electrons. The second-order valence-electron chi connectivity index (χ2n) is 7.41. The molecule has 3 rings (SSSR count). The Bertz CT molecular complexity index is 549. The van der Waals surface area contributed by atoms with Gasteiger partial charge >= 0.3 is 6.03 Å². The molecule has 0 aromatic carbocycles. The van der Waals surface area contributed by atoms with Gasteiger partial charge in [0, 0.05) is 24.8 Å². The highest BCUT2D eigenvalue weighted by Crippen LogP contribution is 2.44. The van der Waals surface area contributed by atoms with Crippen molar-refractivity contribution in [3.63, 3.8) is 0 Å². The molecule has 6 heteroatoms. The highest BCUT2D eigenvalue weighted by molar-refractivity contribution is 5.74. The Morgan fingerprint density at radius 3 is 2.83 bits per heavy atom. The molecular weight excluding hydrogens is 292 g/mol. The lowest BCUT2D eigenvalue weighted by Crippen LogP contribution is -2.44. The summed E-state index contributed by atoms with van der Waals surface area (Å²) in [6, 6.07) is 0.138. The number of rotatable bonds is 5. The number of aromatic nitrogens is 2. The van der Waals surface area contributed by atoms with Crippen molar-refractivity contribution in [1.29, 1.82) is 0 Å². The third kappa shape index (κ3) is 4.05.